The molecule has 0 bridgehead atoms. The minimum Gasteiger partial charge on any atom is -0.391 e. The maximum absolute atomic E-state index is 13.0. The Morgan fingerprint density at radius 2 is 0.831 bits per heavy atom. The predicted octanol–water partition coefficient (Wildman–Crippen LogP) is 17.0. The van der Waals surface area contributed by atoms with Gasteiger partial charge in [0.2, 0.25) is 5.91 Å². The number of carbonyl (C=O) groups excluding carboxylic acids is 1. The van der Waals surface area contributed by atoms with Crippen molar-refractivity contribution in [2.45, 2.75) is 302 Å². The second-order valence-electron chi connectivity index (χ2n) is 21.0. The maximum Gasteiger partial charge on any atom is 0.472 e. The van der Waals surface area contributed by atoms with Gasteiger partial charge in [-0.1, -0.05) is 257 Å². The molecule has 0 spiro atoms. The number of likely N-dealkylation sites (N-methyl/N-ethyl adjacent to an activating group) is 1. The molecule has 3 atom stereocenters. The molecule has 388 valence electrons. The average molecular weight is 943 g/mol. The lowest BCUT2D eigenvalue weighted by molar-refractivity contribution is -0.870. The number of aliphatic hydroxyl groups excluding tert-OH is 1. The van der Waals surface area contributed by atoms with Crippen LogP contribution in [0.4, 0.5) is 0 Å². The number of phosphoric ester groups is 1. The Bertz CT molecular complexity index is 1070. The second kappa shape index (κ2) is 48.3. The monoisotopic (exact) mass is 942 g/mol. The number of carbonyl (C=O) groups is 1. The van der Waals surface area contributed by atoms with Crippen molar-refractivity contribution in [2.75, 3.05) is 40.9 Å². The van der Waals surface area contributed by atoms with Gasteiger partial charge in [-0.3, -0.25) is 13.8 Å². The highest BCUT2D eigenvalue weighted by atomic mass is 31.2. The first-order valence-electron chi connectivity index (χ1n) is 28.6. The van der Waals surface area contributed by atoms with Gasteiger partial charge in [-0.25, -0.2) is 4.57 Å². The molecular formula is C56H114N2O6P+. The molecule has 1 amide bonds. The standard InChI is InChI=1S/C56H113N2O6P/c1-6-8-10-12-14-16-18-20-22-24-26-28-30-31-33-35-37-39-41-43-45-47-49-55(59)54(53-64-65(61,62)63-52-51-58(3,4)5)57-56(60)50-48-46-44-42-40-38-36-34-32-29-27-25-23-21-19-17-15-13-11-9-7-2/h25,27,54-55,59H,6-24,26,28-53H2,1-5H3,(H-,57,60,61,62)/p+1/b27-25-. The van der Waals surface area contributed by atoms with Gasteiger partial charge in [-0.2, -0.15) is 0 Å². The zero-order valence-electron chi connectivity index (χ0n) is 44.3. The number of phosphoric acid groups is 1. The van der Waals surface area contributed by atoms with Crippen molar-refractivity contribution in [3.05, 3.63) is 12.2 Å². The Hall–Kier alpha value is -0.760. The second-order valence-corrected chi connectivity index (χ2v) is 22.5. The van der Waals surface area contributed by atoms with E-state index in [9.17, 15) is 19.4 Å². The normalized spacial score (nSPS) is 14.0. The fourth-order valence-corrected chi connectivity index (χ4v) is 9.49. The smallest absolute Gasteiger partial charge is 0.391 e. The quantitative estimate of drug-likeness (QED) is 0.0243. The number of aliphatic hydroxyl groups is 1. The van der Waals surface area contributed by atoms with Crippen LogP contribution in [0.3, 0.4) is 0 Å². The average Bonchev–Trinajstić information content (AvgIpc) is 3.26. The van der Waals surface area contributed by atoms with Crippen LogP contribution in [0.5, 0.6) is 0 Å². The van der Waals surface area contributed by atoms with Crippen molar-refractivity contribution in [1.82, 2.24) is 5.32 Å². The molecular weight excluding hydrogens is 828 g/mol. The minimum absolute atomic E-state index is 0.0768. The minimum atomic E-state index is -4.32. The molecule has 0 aromatic rings. The number of quaternary nitrogens is 1. The third kappa shape index (κ3) is 50.9. The molecule has 0 rings (SSSR count). The Kier molecular flexibility index (Phi) is 47.7. The van der Waals surface area contributed by atoms with Crippen molar-refractivity contribution in [3.63, 3.8) is 0 Å². The van der Waals surface area contributed by atoms with E-state index in [1.54, 1.807) is 0 Å². The van der Waals surface area contributed by atoms with Gasteiger partial charge < -0.3 is 19.8 Å². The van der Waals surface area contributed by atoms with Gasteiger partial charge in [-0.05, 0) is 38.5 Å². The van der Waals surface area contributed by atoms with Crippen molar-refractivity contribution in [2.24, 2.45) is 0 Å². The van der Waals surface area contributed by atoms with Gasteiger partial charge in [0.1, 0.15) is 13.2 Å². The van der Waals surface area contributed by atoms with Gasteiger partial charge in [0, 0.05) is 6.42 Å². The highest BCUT2D eigenvalue weighted by Gasteiger charge is 2.28. The number of amides is 1. The maximum atomic E-state index is 13.0. The summed E-state index contributed by atoms with van der Waals surface area (Å²) in [6, 6.07) is -0.759. The summed E-state index contributed by atoms with van der Waals surface area (Å²) in [5.74, 6) is -0.141. The number of hydrogen-bond donors (Lipinski definition) is 3. The number of nitrogens with one attached hydrogen (secondary N) is 1. The summed E-state index contributed by atoms with van der Waals surface area (Å²) >= 11 is 0. The Morgan fingerprint density at radius 1 is 0.508 bits per heavy atom. The molecule has 0 aliphatic carbocycles. The van der Waals surface area contributed by atoms with Crippen LogP contribution in [0.25, 0.3) is 0 Å². The van der Waals surface area contributed by atoms with E-state index in [0.29, 0.717) is 23.9 Å². The molecule has 0 saturated carbocycles. The molecule has 3 unspecified atom stereocenters. The zero-order valence-corrected chi connectivity index (χ0v) is 45.2. The molecule has 0 fully saturated rings. The van der Waals surface area contributed by atoms with Crippen molar-refractivity contribution in [3.8, 4) is 0 Å². The highest BCUT2D eigenvalue weighted by Crippen LogP contribution is 2.43. The van der Waals surface area contributed by atoms with Gasteiger partial charge in [0.05, 0.1) is 39.9 Å². The van der Waals surface area contributed by atoms with Crippen LogP contribution in [0.15, 0.2) is 12.2 Å². The van der Waals surface area contributed by atoms with Crippen molar-refractivity contribution < 1.29 is 32.9 Å². The SMILES string of the molecule is CCCCCCCCCC/C=C\CCCCCCCCCCCC(=O)NC(COP(=O)(O)OCC[N+](C)(C)C)C(O)CCCCCCCCCCCCCCCCCCCCCCCC. The molecule has 0 saturated heterocycles. The van der Waals surface area contributed by atoms with Crippen molar-refractivity contribution in [1.29, 1.82) is 0 Å². The van der Waals surface area contributed by atoms with E-state index in [1.807, 2.05) is 21.1 Å². The van der Waals surface area contributed by atoms with E-state index < -0.39 is 20.0 Å². The molecule has 3 N–H and O–H groups in total. The van der Waals surface area contributed by atoms with Crippen LogP contribution in [0.1, 0.15) is 290 Å². The molecule has 8 nitrogen and oxygen atoms in total. The third-order valence-electron chi connectivity index (χ3n) is 13.3. The van der Waals surface area contributed by atoms with Crippen molar-refractivity contribution >= 4 is 13.7 Å². The summed E-state index contributed by atoms with van der Waals surface area (Å²) in [7, 11) is 1.63. The van der Waals surface area contributed by atoms with Crippen LogP contribution in [-0.4, -0.2) is 73.4 Å². The summed E-state index contributed by atoms with van der Waals surface area (Å²) < 4.78 is 23.8. The molecule has 0 aliphatic heterocycles. The van der Waals surface area contributed by atoms with E-state index in [2.05, 4.69) is 31.3 Å². The Morgan fingerprint density at radius 3 is 1.18 bits per heavy atom. The fourth-order valence-electron chi connectivity index (χ4n) is 8.75. The molecule has 0 aliphatic rings. The lowest BCUT2D eigenvalue weighted by Gasteiger charge is -2.26. The number of hydrogen-bond acceptors (Lipinski definition) is 5. The van der Waals surface area contributed by atoms with Gasteiger partial charge in [-0.15, -0.1) is 0 Å². The number of unbranched alkanes of at least 4 members (excludes halogenated alkanes) is 38. The summed E-state index contributed by atoms with van der Waals surface area (Å²) in [4.78, 5) is 23.3. The van der Waals surface area contributed by atoms with E-state index in [-0.39, 0.29) is 19.1 Å². The van der Waals surface area contributed by atoms with Crippen LogP contribution in [-0.2, 0) is 18.4 Å². The summed E-state index contributed by atoms with van der Waals surface area (Å²) in [5, 5.41) is 14.1. The first-order valence-corrected chi connectivity index (χ1v) is 30.0. The first-order chi connectivity index (χ1) is 31.5. The predicted molar refractivity (Wildman–Crippen MR) is 282 cm³/mol. The molecule has 0 aromatic heterocycles. The molecule has 9 heteroatoms. The first kappa shape index (κ1) is 64.2. The zero-order chi connectivity index (χ0) is 47.8. The molecule has 0 radical (unpaired) electrons. The van der Waals surface area contributed by atoms with E-state index in [0.717, 1.165) is 38.5 Å². The third-order valence-corrected chi connectivity index (χ3v) is 14.2. The summed E-state index contributed by atoms with van der Waals surface area (Å²) in [6.07, 6.45) is 58.3. The fraction of sp³-hybridized carbons (Fsp3) is 0.946. The number of rotatable bonds is 53. The van der Waals surface area contributed by atoms with Crippen LogP contribution in [0.2, 0.25) is 0 Å². The molecule has 0 aromatic carbocycles. The van der Waals surface area contributed by atoms with E-state index in [4.69, 9.17) is 9.05 Å². The van der Waals surface area contributed by atoms with Crippen LogP contribution in [0, 0.1) is 0 Å². The van der Waals surface area contributed by atoms with Gasteiger partial charge in [0.15, 0.2) is 0 Å². The Labute approximate surface area is 405 Å². The number of nitrogens with zero attached hydrogens (tertiary/aromatic N) is 1. The Balaban J connectivity index is 4.17. The van der Waals surface area contributed by atoms with E-state index in [1.165, 1.54) is 225 Å². The summed E-state index contributed by atoms with van der Waals surface area (Å²) in [5.41, 5.74) is 0. The van der Waals surface area contributed by atoms with Crippen LogP contribution < -0.4 is 5.32 Å². The largest absolute Gasteiger partial charge is 0.472 e. The van der Waals surface area contributed by atoms with Gasteiger partial charge >= 0.3 is 7.82 Å². The van der Waals surface area contributed by atoms with E-state index >= 15 is 0 Å². The van der Waals surface area contributed by atoms with Crippen LogP contribution >= 0.6 is 7.82 Å². The topological polar surface area (TPSA) is 105 Å². The lowest BCUT2D eigenvalue weighted by Crippen LogP contribution is -2.46. The summed E-state index contributed by atoms with van der Waals surface area (Å²) in [6.45, 7) is 4.93. The molecule has 0 heterocycles. The number of allylic oxidation sites excluding steroid dienone is 2. The highest BCUT2D eigenvalue weighted by molar-refractivity contribution is 7.47. The molecule has 65 heavy (non-hydrogen) atoms. The van der Waals surface area contributed by atoms with Gasteiger partial charge in [0.25, 0.3) is 0 Å². The lowest BCUT2D eigenvalue weighted by atomic mass is 10.0.